The van der Waals surface area contributed by atoms with E-state index in [1.807, 2.05) is 0 Å². The van der Waals surface area contributed by atoms with Gasteiger partial charge in [0.25, 0.3) is 0 Å². The molecule has 3 heteroatoms. The van der Waals surface area contributed by atoms with Crippen LogP contribution in [0.15, 0.2) is 22.7 Å². The summed E-state index contributed by atoms with van der Waals surface area (Å²) in [6.45, 7) is 5.67. The van der Waals surface area contributed by atoms with Gasteiger partial charge in [-0.05, 0) is 75.8 Å². The lowest BCUT2D eigenvalue weighted by Crippen LogP contribution is -2.56. The predicted octanol–water partition coefficient (Wildman–Crippen LogP) is 4.65. The molecule has 1 aromatic carbocycles. The normalized spacial score (nSPS) is 28.7. The predicted molar refractivity (Wildman–Crippen MR) is 94.1 cm³/mol. The van der Waals surface area contributed by atoms with E-state index in [9.17, 15) is 0 Å². The van der Waals surface area contributed by atoms with Gasteiger partial charge in [0.05, 0.1) is 0 Å². The molecule has 2 nitrogen and oxygen atoms in total. The van der Waals surface area contributed by atoms with Crippen molar-refractivity contribution in [2.45, 2.75) is 70.5 Å². The zero-order chi connectivity index (χ0) is 14.8. The van der Waals surface area contributed by atoms with Crippen LogP contribution in [0.5, 0.6) is 0 Å². The number of nitrogens with one attached hydrogen (secondary N) is 1. The zero-order valence-corrected chi connectivity index (χ0v) is 14.8. The first-order valence-corrected chi connectivity index (χ1v) is 9.26. The number of nitrogens with zero attached hydrogens (tertiary/aromatic N) is 1. The number of benzene rings is 1. The van der Waals surface area contributed by atoms with E-state index in [0.717, 1.165) is 18.1 Å². The number of hydrogen-bond donors (Lipinski definition) is 1. The Labute approximate surface area is 137 Å². The van der Waals surface area contributed by atoms with Crippen LogP contribution in [0.1, 0.15) is 51.0 Å². The van der Waals surface area contributed by atoms with Crippen molar-refractivity contribution in [3.8, 4) is 0 Å². The lowest BCUT2D eigenvalue weighted by atomic mass is 9.81. The molecule has 2 saturated heterocycles. The van der Waals surface area contributed by atoms with Crippen LogP contribution in [-0.4, -0.2) is 24.7 Å². The minimum Gasteiger partial charge on any atom is -0.365 e. The average Bonchev–Trinajstić information content (AvgIpc) is 2.44. The SMILES string of the molecule is CCCNC1CC2CCCC(C1)N2c1ccc(Br)cc1C. The van der Waals surface area contributed by atoms with Gasteiger partial charge in [0.1, 0.15) is 0 Å². The van der Waals surface area contributed by atoms with Gasteiger partial charge < -0.3 is 10.2 Å². The summed E-state index contributed by atoms with van der Waals surface area (Å²) in [5.41, 5.74) is 2.86. The topological polar surface area (TPSA) is 15.3 Å². The lowest BCUT2D eigenvalue weighted by molar-refractivity contribution is 0.245. The van der Waals surface area contributed by atoms with Crippen LogP contribution in [0.25, 0.3) is 0 Å². The highest BCUT2D eigenvalue weighted by Crippen LogP contribution is 2.39. The molecule has 0 amide bonds. The van der Waals surface area contributed by atoms with Crippen molar-refractivity contribution in [2.24, 2.45) is 0 Å². The fourth-order valence-electron chi connectivity index (χ4n) is 4.20. The van der Waals surface area contributed by atoms with Gasteiger partial charge in [-0.3, -0.25) is 0 Å². The molecule has 0 radical (unpaired) electrons. The molecule has 2 unspecified atom stereocenters. The fraction of sp³-hybridized carbons (Fsp3) is 0.667. The van der Waals surface area contributed by atoms with Crippen molar-refractivity contribution >= 4 is 21.6 Å². The van der Waals surface area contributed by atoms with E-state index in [1.54, 1.807) is 0 Å². The van der Waals surface area contributed by atoms with Gasteiger partial charge in [-0.2, -0.15) is 0 Å². The molecule has 0 aromatic heterocycles. The average molecular weight is 351 g/mol. The third-order valence-electron chi connectivity index (χ3n) is 5.09. The number of anilines is 1. The molecule has 1 aromatic rings. The molecular formula is C18H27BrN2. The maximum atomic E-state index is 3.76. The second-order valence-electron chi connectivity index (χ2n) is 6.70. The standard InChI is InChI=1S/C18H27BrN2/c1-3-9-20-15-11-16-5-4-6-17(12-15)21(16)18-8-7-14(19)10-13(18)2/h7-8,10,15-17,20H,3-6,9,11-12H2,1-2H3. The van der Waals surface area contributed by atoms with Crippen LogP contribution in [0, 0.1) is 6.92 Å². The summed E-state index contributed by atoms with van der Waals surface area (Å²) in [4.78, 5) is 2.75. The van der Waals surface area contributed by atoms with Gasteiger partial charge in [0, 0.05) is 28.3 Å². The van der Waals surface area contributed by atoms with E-state index < -0.39 is 0 Å². The monoisotopic (exact) mass is 350 g/mol. The molecule has 2 fully saturated rings. The number of hydrogen-bond acceptors (Lipinski definition) is 2. The van der Waals surface area contributed by atoms with Crippen LogP contribution in [0.4, 0.5) is 5.69 Å². The summed E-state index contributed by atoms with van der Waals surface area (Å²) in [6.07, 6.45) is 7.98. The Hall–Kier alpha value is -0.540. The first-order chi connectivity index (χ1) is 10.2. The summed E-state index contributed by atoms with van der Waals surface area (Å²) >= 11 is 3.59. The zero-order valence-electron chi connectivity index (χ0n) is 13.2. The number of halogens is 1. The highest BCUT2D eigenvalue weighted by Gasteiger charge is 2.38. The van der Waals surface area contributed by atoms with Crippen molar-refractivity contribution < 1.29 is 0 Å². The molecule has 2 heterocycles. The van der Waals surface area contributed by atoms with E-state index in [2.05, 4.69) is 58.2 Å². The molecule has 3 rings (SSSR count). The summed E-state index contributed by atoms with van der Waals surface area (Å²) < 4.78 is 1.19. The van der Waals surface area contributed by atoms with Crippen molar-refractivity contribution in [3.05, 3.63) is 28.2 Å². The van der Waals surface area contributed by atoms with E-state index in [1.165, 1.54) is 60.8 Å². The molecule has 2 atom stereocenters. The molecule has 2 bridgehead atoms. The van der Waals surface area contributed by atoms with Crippen LogP contribution in [0.2, 0.25) is 0 Å². The van der Waals surface area contributed by atoms with Gasteiger partial charge >= 0.3 is 0 Å². The van der Waals surface area contributed by atoms with Crippen LogP contribution in [0.3, 0.4) is 0 Å². The molecule has 0 aliphatic carbocycles. The van der Waals surface area contributed by atoms with E-state index in [-0.39, 0.29) is 0 Å². The second-order valence-corrected chi connectivity index (χ2v) is 7.61. The van der Waals surface area contributed by atoms with Crippen LogP contribution >= 0.6 is 15.9 Å². The number of aryl methyl sites for hydroxylation is 1. The van der Waals surface area contributed by atoms with E-state index in [0.29, 0.717) is 0 Å². The van der Waals surface area contributed by atoms with E-state index in [4.69, 9.17) is 0 Å². The number of piperidine rings is 2. The molecule has 0 spiro atoms. The maximum Gasteiger partial charge on any atom is 0.0401 e. The van der Waals surface area contributed by atoms with Crippen molar-refractivity contribution in [1.82, 2.24) is 5.32 Å². The lowest BCUT2D eigenvalue weighted by Gasteiger charge is -2.51. The molecule has 0 saturated carbocycles. The van der Waals surface area contributed by atoms with Gasteiger partial charge in [0.2, 0.25) is 0 Å². The quantitative estimate of drug-likeness (QED) is 0.850. The molecular weight excluding hydrogens is 324 g/mol. The second kappa shape index (κ2) is 6.70. The molecule has 2 aliphatic rings. The van der Waals surface area contributed by atoms with Gasteiger partial charge in [-0.25, -0.2) is 0 Å². The third kappa shape index (κ3) is 3.29. The Morgan fingerprint density at radius 3 is 2.57 bits per heavy atom. The fourth-order valence-corrected chi connectivity index (χ4v) is 4.67. The number of fused-ring (bicyclic) bond motifs is 2. The minimum absolute atomic E-state index is 0.728. The van der Waals surface area contributed by atoms with Crippen LogP contribution in [-0.2, 0) is 0 Å². The Morgan fingerprint density at radius 2 is 1.95 bits per heavy atom. The van der Waals surface area contributed by atoms with Crippen LogP contribution < -0.4 is 10.2 Å². The highest BCUT2D eigenvalue weighted by molar-refractivity contribution is 9.10. The van der Waals surface area contributed by atoms with Gasteiger partial charge in [-0.15, -0.1) is 0 Å². The molecule has 2 aliphatic heterocycles. The minimum atomic E-state index is 0.728. The van der Waals surface area contributed by atoms with Gasteiger partial charge in [-0.1, -0.05) is 22.9 Å². The Bertz CT molecular complexity index is 474. The highest BCUT2D eigenvalue weighted by atomic mass is 79.9. The Kier molecular flexibility index (Phi) is 4.90. The summed E-state index contributed by atoms with van der Waals surface area (Å²) in [5.74, 6) is 0. The first kappa shape index (κ1) is 15.4. The van der Waals surface area contributed by atoms with Crippen molar-refractivity contribution in [1.29, 1.82) is 0 Å². The third-order valence-corrected chi connectivity index (χ3v) is 5.59. The molecule has 21 heavy (non-hydrogen) atoms. The maximum absolute atomic E-state index is 3.76. The first-order valence-electron chi connectivity index (χ1n) is 8.47. The summed E-state index contributed by atoms with van der Waals surface area (Å²) in [5, 5.41) is 3.76. The van der Waals surface area contributed by atoms with Crippen molar-refractivity contribution in [3.63, 3.8) is 0 Å². The Balaban J connectivity index is 1.80. The summed E-state index contributed by atoms with van der Waals surface area (Å²) in [7, 11) is 0. The molecule has 1 N–H and O–H groups in total. The molecule has 116 valence electrons. The van der Waals surface area contributed by atoms with Gasteiger partial charge in [0.15, 0.2) is 0 Å². The smallest absolute Gasteiger partial charge is 0.0401 e. The number of rotatable bonds is 4. The largest absolute Gasteiger partial charge is 0.365 e. The van der Waals surface area contributed by atoms with E-state index >= 15 is 0 Å². The Morgan fingerprint density at radius 1 is 1.24 bits per heavy atom. The van der Waals surface area contributed by atoms with Crippen molar-refractivity contribution in [2.75, 3.05) is 11.4 Å². The summed E-state index contributed by atoms with van der Waals surface area (Å²) in [6, 6.07) is 8.95.